The molecule has 0 radical (unpaired) electrons. The minimum atomic E-state index is -0.981. The third kappa shape index (κ3) is 22.6. The quantitative estimate of drug-likeness (QED) is 0.743. The lowest BCUT2D eigenvalue weighted by molar-refractivity contribution is -0.132. The van der Waals surface area contributed by atoms with E-state index in [1.54, 1.807) is 12.4 Å². The van der Waals surface area contributed by atoms with Gasteiger partial charge in [0.05, 0.1) is 0 Å². The lowest BCUT2D eigenvalue weighted by Crippen LogP contribution is -1.82. The zero-order chi connectivity index (χ0) is 12.8. The Morgan fingerprint density at radius 2 is 1.25 bits per heavy atom. The molecule has 1 heterocycles. The smallest absolute Gasteiger partial charge is 0.327 e. The largest absolute Gasteiger partial charge is 0.478 e. The molecule has 0 bridgehead atoms. The summed E-state index contributed by atoms with van der Waals surface area (Å²) in [6.07, 6.45) is 5.17. The van der Waals surface area contributed by atoms with Crippen molar-refractivity contribution in [2.75, 3.05) is 0 Å². The van der Waals surface area contributed by atoms with Gasteiger partial charge in [0.15, 0.2) is 0 Å². The standard InChI is InChI=1S/C5H5N.2C3H4O2/c1-2-4-6-5-3-1;2*1-2-3(4)5/h1-5H;2*2H,1H2,(H,4,5). The molecule has 0 amide bonds. The first-order valence-electron chi connectivity index (χ1n) is 4.10. The summed E-state index contributed by atoms with van der Waals surface area (Å²) in [5.41, 5.74) is 0. The van der Waals surface area contributed by atoms with Crippen molar-refractivity contribution in [2.24, 2.45) is 0 Å². The van der Waals surface area contributed by atoms with E-state index in [1.807, 2.05) is 18.2 Å². The van der Waals surface area contributed by atoms with Crippen molar-refractivity contribution in [2.45, 2.75) is 0 Å². The van der Waals surface area contributed by atoms with Gasteiger partial charge in [-0.2, -0.15) is 0 Å². The van der Waals surface area contributed by atoms with Gasteiger partial charge in [-0.3, -0.25) is 4.98 Å². The van der Waals surface area contributed by atoms with E-state index in [-0.39, 0.29) is 0 Å². The molecule has 0 aliphatic carbocycles. The highest BCUT2D eigenvalue weighted by Gasteiger charge is 1.73. The summed E-state index contributed by atoms with van der Waals surface area (Å²) in [6, 6.07) is 5.72. The van der Waals surface area contributed by atoms with Crippen molar-refractivity contribution in [1.29, 1.82) is 0 Å². The van der Waals surface area contributed by atoms with Crippen molar-refractivity contribution in [3.63, 3.8) is 0 Å². The fourth-order valence-corrected chi connectivity index (χ4v) is 0.313. The maximum atomic E-state index is 9.25. The summed E-state index contributed by atoms with van der Waals surface area (Å²) in [4.78, 5) is 22.3. The van der Waals surface area contributed by atoms with Crippen LogP contribution in [0.4, 0.5) is 0 Å². The Labute approximate surface area is 93.4 Å². The third-order valence-corrected chi connectivity index (χ3v) is 0.916. The van der Waals surface area contributed by atoms with E-state index in [2.05, 4.69) is 18.1 Å². The zero-order valence-corrected chi connectivity index (χ0v) is 8.61. The van der Waals surface area contributed by atoms with Crippen LogP contribution < -0.4 is 0 Å². The Bertz CT molecular complexity index is 277. The highest BCUT2D eigenvalue weighted by Crippen LogP contribution is 1.73. The number of carboxylic acids is 2. The number of aromatic nitrogens is 1. The Hall–Kier alpha value is -2.43. The van der Waals surface area contributed by atoms with Crippen LogP contribution in [0.15, 0.2) is 55.9 Å². The molecule has 86 valence electrons. The normalized spacial score (nSPS) is 7.00. The van der Waals surface area contributed by atoms with Crippen LogP contribution in [-0.2, 0) is 9.59 Å². The Morgan fingerprint density at radius 1 is 0.938 bits per heavy atom. The molecule has 1 aromatic rings. The van der Waals surface area contributed by atoms with E-state index < -0.39 is 11.9 Å². The Morgan fingerprint density at radius 3 is 1.31 bits per heavy atom. The van der Waals surface area contributed by atoms with E-state index in [9.17, 15) is 9.59 Å². The number of aliphatic carboxylic acids is 2. The van der Waals surface area contributed by atoms with Crippen LogP contribution in [0.5, 0.6) is 0 Å². The van der Waals surface area contributed by atoms with Gasteiger partial charge in [-0.25, -0.2) is 9.59 Å². The fraction of sp³-hybridized carbons (Fsp3) is 0. The average molecular weight is 223 g/mol. The van der Waals surface area contributed by atoms with Crippen LogP contribution in [0, 0.1) is 0 Å². The van der Waals surface area contributed by atoms with Gasteiger partial charge in [0.1, 0.15) is 0 Å². The van der Waals surface area contributed by atoms with Crippen molar-refractivity contribution >= 4 is 11.9 Å². The molecule has 0 atom stereocenters. The molecule has 16 heavy (non-hydrogen) atoms. The van der Waals surface area contributed by atoms with Crippen LogP contribution in [0.25, 0.3) is 0 Å². The predicted molar refractivity (Wildman–Crippen MR) is 59.9 cm³/mol. The fourth-order valence-electron chi connectivity index (χ4n) is 0.313. The van der Waals surface area contributed by atoms with Gasteiger partial charge in [0, 0.05) is 24.5 Å². The molecule has 2 N–H and O–H groups in total. The second kappa shape index (κ2) is 12.6. The van der Waals surface area contributed by atoms with E-state index in [0.717, 1.165) is 12.2 Å². The van der Waals surface area contributed by atoms with Crippen LogP contribution in [0.2, 0.25) is 0 Å². The molecule has 0 fully saturated rings. The van der Waals surface area contributed by atoms with Gasteiger partial charge in [-0.1, -0.05) is 19.2 Å². The number of rotatable bonds is 2. The minimum absolute atomic E-state index is 0.833. The second-order valence-electron chi connectivity index (χ2n) is 2.11. The molecule has 1 rings (SSSR count). The zero-order valence-electron chi connectivity index (χ0n) is 8.61. The molecule has 0 aromatic carbocycles. The molecule has 5 heteroatoms. The molecular formula is C11H13NO4. The van der Waals surface area contributed by atoms with Gasteiger partial charge in [0.25, 0.3) is 0 Å². The van der Waals surface area contributed by atoms with Crippen LogP contribution >= 0.6 is 0 Å². The Kier molecular flexibility index (Phi) is 12.6. The third-order valence-electron chi connectivity index (χ3n) is 0.916. The summed E-state index contributed by atoms with van der Waals surface area (Å²) in [5, 5.41) is 15.2. The van der Waals surface area contributed by atoms with Gasteiger partial charge >= 0.3 is 11.9 Å². The Balaban J connectivity index is 0. The average Bonchev–Trinajstić information content (AvgIpc) is 2.32. The number of carbonyl (C=O) groups is 2. The summed E-state index contributed by atoms with van der Waals surface area (Å²) in [7, 11) is 0. The SMILES string of the molecule is C=CC(=O)O.C=CC(=O)O.c1ccncc1. The molecule has 0 saturated heterocycles. The molecular weight excluding hydrogens is 210 g/mol. The molecule has 0 unspecified atom stereocenters. The number of hydrogen-bond donors (Lipinski definition) is 2. The summed E-state index contributed by atoms with van der Waals surface area (Å²) in [6.45, 7) is 5.92. The van der Waals surface area contributed by atoms with Crippen LogP contribution in [-0.4, -0.2) is 27.1 Å². The first kappa shape index (κ1) is 16.0. The van der Waals surface area contributed by atoms with Crippen molar-refractivity contribution in [3.8, 4) is 0 Å². The number of nitrogens with zero attached hydrogens (tertiary/aromatic N) is 1. The van der Waals surface area contributed by atoms with E-state index in [4.69, 9.17) is 10.2 Å². The molecule has 0 aliphatic rings. The van der Waals surface area contributed by atoms with Crippen LogP contribution in [0.3, 0.4) is 0 Å². The first-order chi connectivity index (χ1) is 7.54. The van der Waals surface area contributed by atoms with Crippen molar-refractivity contribution in [3.05, 3.63) is 55.9 Å². The van der Waals surface area contributed by atoms with Gasteiger partial charge < -0.3 is 10.2 Å². The molecule has 5 nitrogen and oxygen atoms in total. The van der Waals surface area contributed by atoms with E-state index in [0.29, 0.717) is 0 Å². The number of pyridine rings is 1. The topological polar surface area (TPSA) is 87.5 Å². The highest BCUT2D eigenvalue weighted by molar-refractivity contribution is 5.79. The second-order valence-corrected chi connectivity index (χ2v) is 2.11. The first-order valence-corrected chi connectivity index (χ1v) is 4.10. The van der Waals surface area contributed by atoms with Crippen molar-refractivity contribution in [1.82, 2.24) is 4.98 Å². The molecule has 0 saturated carbocycles. The maximum absolute atomic E-state index is 9.25. The van der Waals surface area contributed by atoms with E-state index >= 15 is 0 Å². The highest BCUT2D eigenvalue weighted by atomic mass is 16.4. The summed E-state index contributed by atoms with van der Waals surface area (Å²) >= 11 is 0. The monoisotopic (exact) mass is 223 g/mol. The van der Waals surface area contributed by atoms with Gasteiger partial charge in [-0.15, -0.1) is 0 Å². The predicted octanol–water partition coefficient (Wildman–Crippen LogP) is 1.60. The minimum Gasteiger partial charge on any atom is -0.478 e. The molecule has 0 aliphatic heterocycles. The van der Waals surface area contributed by atoms with Gasteiger partial charge in [0.2, 0.25) is 0 Å². The molecule has 1 aromatic heterocycles. The van der Waals surface area contributed by atoms with Crippen molar-refractivity contribution < 1.29 is 19.8 Å². The number of carboxylic acid groups (broad SMARTS) is 2. The number of hydrogen-bond acceptors (Lipinski definition) is 3. The summed E-state index contributed by atoms with van der Waals surface area (Å²) in [5.74, 6) is -1.96. The molecule has 0 spiro atoms. The van der Waals surface area contributed by atoms with E-state index in [1.165, 1.54) is 0 Å². The lowest BCUT2D eigenvalue weighted by atomic mass is 10.5. The van der Waals surface area contributed by atoms with Crippen LogP contribution in [0.1, 0.15) is 0 Å². The van der Waals surface area contributed by atoms with Gasteiger partial charge in [-0.05, 0) is 12.1 Å². The lowest BCUT2D eigenvalue weighted by Gasteiger charge is -1.70. The summed E-state index contributed by atoms with van der Waals surface area (Å²) < 4.78 is 0. The maximum Gasteiger partial charge on any atom is 0.327 e.